The van der Waals surface area contributed by atoms with Gasteiger partial charge in [-0.1, -0.05) is 19.1 Å². The van der Waals surface area contributed by atoms with Crippen molar-refractivity contribution >= 4 is 21.7 Å². The van der Waals surface area contributed by atoms with Gasteiger partial charge < -0.3 is 4.74 Å². The van der Waals surface area contributed by atoms with E-state index < -0.39 is 0 Å². The summed E-state index contributed by atoms with van der Waals surface area (Å²) >= 11 is 3.15. The predicted octanol–water partition coefficient (Wildman–Crippen LogP) is 3.37. The summed E-state index contributed by atoms with van der Waals surface area (Å²) in [6, 6.07) is 4.74. The van der Waals surface area contributed by atoms with Crippen molar-refractivity contribution in [3.8, 4) is 0 Å². The zero-order chi connectivity index (χ0) is 12.8. The second kappa shape index (κ2) is 6.87. The quantitative estimate of drug-likeness (QED) is 0.805. The molecule has 0 aliphatic rings. The van der Waals surface area contributed by atoms with Crippen LogP contribution in [0.2, 0.25) is 0 Å². The Bertz CT molecular complexity index is 393. The maximum Gasteiger partial charge on any atom is 0.137 e. The van der Waals surface area contributed by atoms with Crippen LogP contribution < -0.4 is 0 Å². The van der Waals surface area contributed by atoms with Crippen LogP contribution in [-0.4, -0.2) is 19.5 Å². The van der Waals surface area contributed by atoms with Gasteiger partial charge in [-0.3, -0.25) is 4.79 Å². The van der Waals surface area contributed by atoms with Crippen molar-refractivity contribution in [1.82, 2.24) is 0 Å². The highest BCUT2D eigenvalue weighted by molar-refractivity contribution is 9.10. The average Bonchev–Trinajstić information content (AvgIpc) is 2.25. The van der Waals surface area contributed by atoms with Crippen molar-refractivity contribution in [2.45, 2.75) is 19.8 Å². The lowest BCUT2D eigenvalue weighted by molar-refractivity contribution is -0.119. The zero-order valence-corrected chi connectivity index (χ0v) is 11.6. The van der Waals surface area contributed by atoms with Gasteiger partial charge in [0.2, 0.25) is 0 Å². The third-order valence-corrected chi connectivity index (χ3v) is 3.33. The number of halogens is 2. The molecule has 1 aromatic rings. The highest BCUT2D eigenvalue weighted by atomic mass is 79.9. The maximum absolute atomic E-state index is 13.2. The molecule has 0 amide bonds. The number of benzene rings is 1. The van der Waals surface area contributed by atoms with Crippen LogP contribution in [0.15, 0.2) is 22.7 Å². The summed E-state index contributed by atoms with van der Waals surface area (Å²) in [6.45, 7) is 2.53. The van der Waals surface area contributed by atoms with E-state index in [1.54, 1.807) is 19.2 Å². The molecule has 0 saturated carbocycles. The number of carbonyl (C=O) groups is 1. The Labute approximate surface area is 109 Å². The van der Waals surface area contributed by atoms with Crippen LogP contribution in [0, 0.1) is 11.7 Å². The lowest BCUT2D eigenvalue weighted by Crippen LogP contribution is -2.12. The molecule has 0 fully saturated rings. The Balaban J connectivity index is 2.59. The highest BCUT2D eigenvalue weighted by Gasteiger charge is 2.12. The Kier molecular flexibility index (Phi) is 5.78. The van der Waals surface area contributed by atoms with E-state index in [-0.39, 0.29) is 23.9 Å². The van der Waals surface area contributed by atoms with E-state index in [2.05, 4.69) is 15.9 Å². The van der Waals surface area contributed by atoms with Crippen LogP contribution in [0.1, 0.15) is 18.9 Å². The molecule has 0 spiro atoms. The van der Waals surface area contributed by atoms with Gasteiger partial charge in [-0.2, -0.15) is 0 Å². The van der Waals surface area contributed by atoms with Crippen LogP contribution >= 0.6 is 15.9 Å². The molecule has 0 aliphatic heterocycles. The zero-order valence-electron chi connectivity index (χ0n) is 10.0. The van der Waals surface area contributed by atoms with Crippen molar-refractivity contribution in [3.63, 3.8) is 0 Å². The van der Waals surface area contributed by atoms with Crippen LogP contribution in [0.25, 0.3) is 0 Å². The van der Waals surface area contributed by atoms with E-state index in [0.717, 1.165) is 0 Å². The third kappa shape index (κ3) is 4.56. The summed E-state index contributed by atoms with van der Waals surface area (Å²) in [5.74, 6) is -0.0408. The Morgan fingerprint density at radius 3 is 2.88 bits per heavy atom. The van der Waals surface area contributed by atoms with Crippen molar-refractivity contribution in [1.29, 1.82) is 0 Å². The van der Waals surface area contributed by atoms with E-state index in [9.17, 15) is 9.18 Å². The molecule has 94 valence electrons. The fourth-order valence-electron chi connectivity index (χ4n) is 1.70. The molecule has 0 saturated heterocycles. The van der Waals surface area contributed by atoms with E-state index in [4.69, 9.17) is 4.74 Å². The highest BCUT2D eigenvalue weighted by Crippen LogP contribution is 2.21. The van der Waals surface area contributed by atoms with E-state index in [0.29, 0.717) is 23.1 Å². The molecular weight excluding hydrogens is 287 g/mol. The van der Waals surface area contributed by atoms with Gasteiger partial charge in [0, 0.05) is 26.6 Å². The van der Waals surface area contributed by atoms with Crippen LogP contribution in [-0.2, 0) is 16.0 Å². The first-order valence-electron chi connectivity index (χ1n) is 5.48. The van der Waals surface area contributed by atoms with Gasteiger partial charge in [-0.25, -0.2) is 4.39 Å². The SMILES string of the molecule is COCC(C)CC(=O)Cc1cccc(F)c1Br. The summed E-state index contributed by atoms with van der Waals surface area (Å²) in [7, 11) is 1.62. The van der Waals surface area contributed by atoms with Crippen LogP contribution in [0.4, 0.5) is 4.39 Å². The number of carbonyl (C=O) groups excluding carboxylic acids is 1. The fraction of sp³-hybridized carbons (Fsp3) is 0.462. The van der Waals surface area contributed by atoms with Gasteiger partial charge in [-0.15, -0.1) is 0 Å². The van der Waals surface area contributed by atoms with Gasteiger partial charge in [-0.05, 0) is 33.5 Å². The molecule has 0 N–H and O–H groups in total. The number of hydrogen-bond donors (Lipinski definition) is 0. The molecule has 0 bridgehead atoms. The van der Waals surface area contributed by atoms with Crippen LogP contribution in [0.3, 0.4) is 0 Å². The number of hydrogen-bond acceptors (Lipinski definition) is 2. The summed E-state index contributed by atoms with van der Waals surface area (Å²) in [5.41, 5.74) is 0.694. The molecule has 0 radical (unpaired) electrons. The summed E-state index contributed by atoms with van der Waals surface area (Å²) in [4.78, 5) is 11.8. The normalized spacial score (nSPS) is 12.5. The molecule has 17 heavy (non-hydrogen) atoms. The van der Waals surface area contributed by atoms with Gasteiger partial charge in [0.15, 0.2) is 0 Å². The molecule has 0 aromatic heterocycles. The second-order valence-corrected chi connectivity index (χ2v) is 4.99. The third-order valence-electron chi connectivity index (χ3n) is 2.45. The summed E-state index contributed by atoms with van der Waals surface area (Å²) in [5, 5.41) is 0. The first-order valence-corrected chi connectivity index (χ1v) is 6.27. The van der Waals surface area contributed by atoms with Crippen molar-refractivity contribution < 1.29 is 13.9 Å². The second-order valence-electron chi connectivity index (χ2n) is 4.19. The van der Waals surface area contributed by atoms with E-state index in [1.807, 2.05) is 6.92 Å². The Morgan fingerprint density at radius 1 is 1.53 bits per heavy atom. The minimum Gasteiger partial charge on any atom is -0.384 e. The number of Topliss-reactive ketones (excluding diaryl/α,β-unsaturated/α-hetero) is 1. The van der Waals surface area contributed by atoms with Gasteiger partial charge in [0.05, 0.1) is 4.47 Å². The number of ether oxygens (including phenoxy) is 1. The number of rotatable bonds is 6. The van der Waals surface area contributed by atoms with Gasteiger partial charge in [0.1, 0.15) is 11.6 Å². The fourth-order valence-corrected chi connectivity index (χ4v) is 2.11. The Hall–Kier alpha value is -0.740. The molecule has 0 heterocycles. The maximum atomic E-state index is 13.2. The molecule has 1 aromatic carbocycles. The molecule has 0 aliphatic carbocycles. The van der Waals surface area contributed by atoms with Crippen molar-refractivity contribution in [2.75, 3.05) is 13.7 Å². The lowest BCUT2D eigenvalue weighted by atomic mass is 10.0. The molecule has 2 nitrogen and oxygen atoms in total. The lowest BCUT2D eigenvalue weighted by Gasteiger charge is -2.09. The Morgan fingerprint density at radius 2 is 2.24 bits per heavy atom. The number of methoxy groups -OCH3 is 1. The van der Waals surface area contributed by atoms with Crippen molar-refractivity contribution in [2.24, 2.45) is 5.92 Å². The van der Waals surface area contributed by atoms with E-state index >= 15 is 0 Å². The first-order chi connectivity index (χ1) is 8.04. The predicted molar refractivity (Wildman–Crippen MR) is 68.5 cm³/mol. The standard InChI is InChI=1S/C13H16BrFO2/c1-9(8-17-2)6-11(16)7-10-4-3-5-12(15)13(10)14/h3-5,9H,6-8H2,1-2H3. The van der Waals surface area contributed by atoms with Gasteiger partial charge >= 0.3 is 0 Å². The number of ketones is 1. The summed E-state index contributed by atoms with van der Waals surface area (Å²) in [6.07, 6.45) is 0.711. The molecule has 1 unspecified atom stereocenters. The average molecular weight is 303 g/mol. The van der Waals surface area contributed by atoms with E-state index in [1.165, 1.54) is 6.07 Å². The molecule has 4 heteroatoms. The van der Waals surface area contributed by atoms with Crippen LogP contribution in [0.5, 0.6) is 0 Å². The topological polar surface area (TPSA) is 26.3 Å². The molecule has 1 rings (SSSR count). The monoisotopic (exact) mass is 302 g/mol. The first kappa shape index (κ1) is 14.3. The molecule has 1 atom stereocenters. The molecular formula is C13H16BrFO2. The minimum atomic E-state index is -0.333. The smallest absolute Gasteiger partial charge is 0.137 e. The largest absolute Gasteiger partial charge is 0.384 e. The van der Waals surface area contributed by atoms with Gasteiger partial charge in [0.25, 0.3) is 0 Å². The summed E-state index contributed by atoms with van der Waals surface area (Å²) < 4.78 is 18.6. The van der Waals surface area contributed by atoms with Crippen molar-refractivity contribution in [3.05, 3.63) is 34.1 Å². The minimum absolute atomic E-state index is 0.0980.